The van der Waals surface area contributed by atoms with Crippen LogP contribution in [0.3, 0.4) is 0 Å². The third-order valence-corrected chi connectivity index (χ3v) is 3.27. The SMILES string of the molecule is Cc1cccc(NCCC(=O)NC2CCCC2)n1. The van der Waals surface area contributed by atoms with Gasteiger partial charge in [0.25, 0.3) is 0 Å². The molecule has 1 fully saturated rings. The highest BCUT2D eigenvalue weighted by atomic mass is 16.1. The summed E-state index contributed by atoms with van der Waals surface area (Å²) in [5.74, 6) is 0.978. The Kier molecular flexibility index (Phi) is 4.56. The second kappa shape index (κ2) is 6.38. The van der Waals surface area contributed by atoms with Gasteiger partial charge in [-0.3, -0.25) is 4.79 Å². The molecule has 1 aromatic heterocycles. The van der Waals surface area contributed by atoms with Crippen molar-refractivity contribution in [3.63, 3.8) is 0 Å². The van der Waals surface area contributed by atoms with Crippen LogP contribution in [-0.2, 0) is 4.79 Å². The van der Waals surface area contributed by atoms with Crippen molar-refractivity contribution in [2.45, 2.75) is 45.1 Å². The van der Waals surface area contributed by atoms with E-state index in [4.69, 9.17) is 0 Å². The summed E-state index contributed by atoms with van der Waals surface area (Å²) in [5, 5.41) is 6.25. The molecule has 2 N–H and O–H groups in total. The van der Waals surface area contributed by atoms with Crippen LogP contribution >= 0.6 is 0 Å². The average Bonchev–Trinajstić information content (AvgIpc) is 2.82. The minimum Gasteiger partial charge on any atom is -0.370 e. The van der Waals surface area contributed by atoms with Crippen molar-refractivity contribution < 1.29 is 4.79 Å². The number of aromatic nitrogens is 1. The van der Waals surface area contributed by atoms with Gasteiger partial charge in [-0.05, 0) is 31.9 Å². The van der Waals surface area contributed by atoms with Crippen molar-refractivity contribution in [1.29, 1.82) is 0 Å². The molecule has 18 heavy (non-hydrogen) atoms. The van der Waals surface area contributed by atoms with E-state index in [9.17, 15) is 4.79 Å². The van der Waals surface area contributed by atoms with Gasteiger partial charge in [0.1, 0.15) is 5.82 Å². The van der Waals surface area contributed by atoms with Crippen LogP contribution in [0.5, 0.6) is 0 Å². The number of hydrogen-bond acceptors (Lipinski definition) is 3. The number of aryl methyl sites for hydroxylation is 1. The topological polar surface area (TPSA) is 54.0 Å². The Balaban J connectivity index is 1.66. The molecule has 1 aliphatic carbocycles. The third-order valence-electron chi connectivity index (χ3n) is 3.27. The van der Waals surface area contributed by atoms with Gasteiger partial charge in [-0.1, -0.05) is 18.9 Å². The summed E-state index contributed by atoms with van der Waals surface area (Å²) in [7, 11) is 0. The van der Waals surface area contributed by atoms with E-state index in [0.29, 0.717) is 19.0 Å². The molecule has 0 aliphatic heterocycles. The molecule has 1 aliphatic rings. The van der Waals surface area contributed by atoms with Gasteiger partial charge in [0.2, 0.25) is 5.91 Å². The Morgan fingerprint density at radius 2 is 2.17 bits per heavy atom. The largest absolute Gasteiger partial charge is 0.370 e. The van der Waals surface area contributed by atoms with Crippen LogP contribution in [0.4, 0.5) is 5.82 Å². The minimum atomic E-state index is 0.141. The molecule has 0 bridgehead atoms. The monoisotopic (exact) mass is 247 g/mol. The summed E-state index contributed by atoms with van der Waals surface area (Å²) in [4.78, 5) is 16.0. The van der Waals surface area contributed by atoms with Crippen LogP contribution in [0.1, 0.15) is 37.8 Å². The first kappa shape index (κ1) is 12.9. The van der Waals surface area contributed by atoms with Crippen molar-refractivity contribution in [2.75, 3.05) is 11.9 Å². The fourth-order valence-corrected chi connectivity index (χ4v) is 2.32. The van der Waals surface area contributed by atoms with E-state index in [0.717, 1.165) is 24.4 Å². The van der Waals surface area contributed by atoms with Crippen LogP contribution in [-0.4, -0.2) is 23.5 Å². The lowest BCUT2D eigenvalue weighted by atomic mass is 10.2. The maximum absolute atomic E-state index is 11.7. The maximum Gasteiger partial charge on any atom is 0.221 e. The Labute approximate surface area is 108 Å². The third kappa shape index (κ3) is 4.02. The first-order valence-electron chi connectivity index (χ1n) is 6.71. The molecule has 0 radical (unpaired) electrons. The highest BCUT2D eigenvalue weighted by molar-refractivity contribution is 5.76. The quantitative estimate of drug-likeness (QED) is 0.839. The molecule has 0 saturated heterocycles. The van der Waals surface area contributed by atoms with Gasteiger partial charge >= 0.3 is 0 Å². The lowest BCUT2D eigenvalue weighted by Crippen LogP contribution is -2.33. The van der Waals surface area contributed by atoms with E-state index in [2.05, 4.69) is 15.6 Å². The molecule has 2 rings (SSSR count). The standard InChI is InChI=1S/C14H21N3O/c1-11-5-4-8-13(16-11)15-10-9-14(18)17-12-6-2-3-7-12/h4-5,8,12H,2-3,6-7,9-10H2,1H3,(H,15,16)(H,17,18). The highest BCUT2D eigenvalue weighted by Crippen LogP contribution is 2.17. The first-order valence-corrected chi connectivity index (χ1v) is 6.71. The van der Waals surface area contributed by atoms with Gasteiger partial charge in [-0.2, -0.15) is 0 Å². The second-order valence-corrected chi connectivity index (χ2v) is 4.89. The van der Waals surface area contributed by atoms with E-state index in [1.807, 2.05) is 25.1 Å². The van der Waals surface area contributed by atoms with E-state index in [1.165, 1.54) is 12.8 Å². The van der Waals surface area contributed by atoms with E-state index >= 15 is 0 Å². The molecule has 98 valence electrons. The fraction of sp³-hybridized carbons (Fsp3) is 0.571. The zero-order valence-corrected chi connectivity index (χ0v) is 10.9. The van der Waals surface area contributed by atoms with Crippen molar-refractivity contribution in [2.24, 2.45) is 0 Å². The summed E-state index contributed by atoms with van der Waals surface area (Å²) in [6.07, 6.45) is 5.27. The van der Waals surface area contributed by atoms with Crippen LogP contribution < -0.4 is 10.6 Å². The van der Waals surface area contributed by atoms with E-state index in [-0.39, 0.29) is 5.91 Å². The van der Waals surface area contributed by atoms with Crippen molar-refractivity contribution >= 4 is 11.7 Å². The summed E-state index contributed by atoms with van der Waals surface area (Å²) in [6, 6.07) is 6.25. The smallest absolute Gasteiger partial charge is 0.221 e. The number of nitrogens with one attached hydrogen (secondary N) is 2. The molecule has 0 aromatic carbocycles. The number of anilines is 1. The van der Waals surface area contributed by atoms with Gasteiger partial charge in [0.15, 0.2) is 0 Å². The molecule has 1 heterocycles. The molecule has 4 nitrogen and oxygen atoms in total. The summed E-state index contributed by atoms with van der Waals surface area (Å²) >= 11 is 0. The van der Waals surface area contributed by atoms with Crippen LogP contribution in [0.2, 0.25) is 0 Å². The number of amides is 1. The fourth-order valence-electron chi connectivity index (χ4n) is 2.32. The summed E-state index contributed by atoms with van der Waals surface area (Å²) in [6.45, 7) is 2.59. The van der Waals surface area contributed by atoms with Gasteiger partial charge < -0.3 is 10.6 Å². The Bertz CT molecular complexity index is 400. The average molecular weight is 247 g/mol. The molecule has 1 aromatic rings. The minimum absolute atomic E-state index is 0.141. The Hall–Kier alpha value is -1.58. The molecule has 0 unspecified atom stereocenters. The van der Waals surface area contributed by atoms with E-state index in [1.54, 1.807) is 0 Å². The highest BCUT2D eigenvalue weighted by Gasteiger charge is 2.16. The number of hydrogen-bond donors (Lipinski definition) is 2. The molecule has 1 amide bonds. The molecular formula is C14H21N3O. The number of carbonyl (C=O) groups excluding carboxylic acids is 1. The number of nitrogens with zero attached hydrogens (tertiary/aromatic N) is 1. The maximum atomic E-state index is 11.7. The predicted molar refractivity (Wildman–Crippen MR) is 72.5 cm³/mol. The summed E-state index contributed by atoms with van der Waals surface area (Å²) < 4.78 is 0. The zero-order valence-electron chi connectivity index (χ0n) is 10.9. The normalized spacial score (nSPS) is 15.6. The lowest BCUT2D eigenvalue weighted by Gasteiger charge is -2.12. The summed E-state index contributed by atoms with van der Waals surface area (Å²) in [5.41, 5.74) is 0.982. The van der Waals surface area contributed by atoms with Crippen LogP contribution in [0.25, 0.3) is 0 Å². The van der Waals surface area contributed by atoms with Gasteiger partial charge in [0, 0.05) is 24.7 Å². The van der Waals surface area contributed by atoms with Crippen molar-refractivity contribution in [3.05, 3.63) is 23.9 Å². The van der Waals surface area contributed by atoms with E-state index < -0.39 is 0 Å². The first-order chi connectivity index (χ1) is 8.74. The van der Waals surface area contributed by atoms with Crippen LogP contribution in [0, 0.1) is 6.92 Å². The Morgan fingerprint density at radius 1 is 1.39 bits per heavy atom. The lowest BCUT2D eigenvalue weighted by molar-refractivity contribution is -0.121. The predicted octanol–water partition coefficient (Wildman–Crippen LogP) is 2.25. The van der Waals surface area contributed by atoms with Crippen LogP contribution in [0.15, 0.2) is 18.2 Å². The van der Waals surface area contributed by atoms with Gasteiger partial charge in [-0.25, -0.2) is 4.98 Å². The van der Waals surface area contributed by atoms with Gasteiger partial charge in [0.05, 0.1) is 0 Å². The van der Waals surface area contributed by atoms with Crippen molar-refractivity contribution in [1.82, 2.24) is 10.3 Å². The number of carbonyl (C=O) groups is 1. The van der Waals surface area contributed by atoms with Crippen molar-refractivity contribution in [3.8, 4) is 0 Å². The second-order valence-electron chi connectivity index (χ2n) is 4.89. The zero-order chi connectivity index (χ0) is 12.8. The molecule has 1 saturated carbocycles. The molecule has 0 atom stereocenters. The molecule has 0 spiro atoms. The number of pyridine rings is 1. The molecular weight excluding hydrogens is 226 g/mol. The number of rotatable bonds is 5. The van der Waals surface area contributed by atoms with Gasteiger partial charge in [-0.15, -0.1) is 0 Å². The molecule has 4 heteroatoms. The Morgan fingerprint density at radius 3 is 2.89 bits per heavy atom.